The highest BCUT2D eigenvalue weighted by atomic mass is 28.4. The molecule has 2 aromatic heterocycles. The maximum Gasteiger partial charge on any atom is 0.345 e. The van der Waals surface area contributed by atoms with Crippen LogP contribution < -0.4 is 14.8 Å². The van der Waals surface area contributed by atoms with Gasteiger partial charge in [0.15, 0.2) is 0 Å². The summed E-state index contributed by atoms with van der Waals surface area (Å²) in [5.74, 6) is -0.447. The molecule has 0 amide bonds. The zero-order valence-electron chi connectivity index (χ0n) is 34.3. The Labute approximate surface area is 326 Å². The fourth-order valence-electron chi connectivity index (χ4n) is 11.1. The molecule has 2 saturated carbocycles. The number of benzene rings is 1. The summed E-state index contributed by atoms with van der Waals surface area (Å²) in [4.78, 5) is 44.3. The lowest BCUT2D eigenvalue weighted by molar-refractivity contribution is -0.257. The van der Waals surface area contributed by atoms with Gasteiger partial charge in [0.25, 0.3) is 8.32 Å². The summed E-state index contributed by atoms with van der Waals surface area (Å²) in [7, 11) is -2.22. The van der Waals surface area contributed by atoms with Gasteiger partial charge in [-0.3, -0.25) is 9.78 Å². The summed E-state index contributed by atoms with van der Waals surface area (Å²) < 4.78 is 31.8. The van der Waals surface area contributed by atoms with E-state index in [1.54, 1.807) is 42.7 Å². The highest BCUT2D eigenvalue weighted by Crippen LogP contribution is 2.68. The predicted molar refractivity (Wildman–Crippen MR) is 212 cm³/mol. The number of nitrogens with zero attached hydrogens (tertiary/aromatic N) is 1. The van der Waals surface area contributed by atoms with E-state index in [2.05, 4.69) is 67.3 Å². The van der Waals surface area contributed by atoms with E-state index in [-0.39, 0.29) is 41.5 Å². The van der Waals surface area contributed by atoms with E-state index in [4.69, 9.17) is 23.1 Å². The number of ether oxygens (including phenoxy) is 3. The van der Waals surface area contributed by atoms with Crippen LogP contribution in [0, 0.1) is 28.6 Å². The van der Waals surface area contributed by atoms with Crippen molar-refractivity contribution in [2.45, 2.75) is 130 Å². The van der Waals surface area contributed by atoms with Crippen molar-refractivity contribution in [3.8, 4) is 22.8 Å². The number of aliphatic hydroxyl groups is 1. The highest BCUT2D eigenvalue weighted by molar-refractivity contribution is 6.78. The van der Waals surface area contributed by atoms with Crippen molar-refractivity contribution in [3.05, 3.63) is 76.4 Å². The van der Waals surface area contributed by atoms with E-state index >= 15 is 0 Å². The van der Waals surface area contributed by atoms with Crippen LogP contribution in [0.2, 0.25) is 16.6 Å². The van der Waals surface area contributed by atoms with Crippen LogP contribution in [0.25, 0.3) is 11.3 Å². The van der Waals surface area contributed by atoms with Gasteiger partial charge in [0, 0.05) is 42.3 Å². The second-order valence-corrected chi connectivity index (χ2v) is 23.4. The molecule has 0 bridgehead atoms. The number of pyridine rings is 1. The zero-order chi connectivity index (χ0) is 40.2. The van der Waals surface area contributed by atoms with Crippen molar-refractivity contribution in [1.29, 1.82) is 0 Å². The summed E-state index contributed by atoms with van der Waals surface area (Å²) in [6.07, 6.45) is 2.99. The molecule has 1 aromatic carbocycles. The first-order chi connectivity index (χ1) is 25.8. The van der Waals surface area contributed by atoms with Gasteiger partial charge < -0.3 is 28.2 Å². The third kappa shape index (κ3) is 6.83. The molecule has 6 rings (SSSR count). The third-order valence-electron chi connectivity index (χ3n) is 14.0. The van der Waals surface area contributed by atoms with Gasteiger partial charge in [-0.2, -0.15) is 0 Å². The average molecular weight is 774 g/mol. The van der Waals surface area contributed by atoms with E-state index in [0.29, 0.717) is 34.2 Å². The second kappa shape index (κ2) is 14.8. The summed E-state index contributed by atoms with van der Waals surface area (Å²) >= 11 is 0. The highest BCUT2D eigenvalue weighted by Gasteiger charge is 2.70. The topological polar surface area (TPSA) is 134 Å². The number of hydrogen-bond acceptors (Lipinski definition) is 10. The van der Waals surface area contributed by atoms with Crippen molar-refractivity contribution in [1.82, 2.24) is 4.98 Å². The van der Waals surface area contributed by atoms with E-state index in [1.807, 2.05) is 19.1 Å². The van der Waals surface area contributed by atoms with Crippen LogP contribution in [0.3, 0.4) is 0 Å². The van der Waals surface area contributed by atoms with E-state index in [0.717, 1.165) is 18.6 Å². The standard InChI is InChI=1S/C44H59NO9Si/c1-25(2)55(26(3)4,27(5)6)54-32-16-14-30(15-17-32)40(48)52-36-22-35-42(9,19-18-28(7)43(35,10)24-50-29(8)46)39-38(47)37-34(53-44(36,39)11)21-33(51-41(37)49)31-13-12-20-45-23-31/h12-17,20-21,23,25-28,35-36,38-39,47H,18-19,22,24H2,1-11H3/t28-,35?,36-,38?,39?,42-,43?,44+/m0/s1. The van der Waals surface area contributed by atoms with Gasteiger partial charge >= 0.3 is 17.6 Å². The van der Waals surface area contributed by atoms with Crippen LogP contribution in [0.1, 0.15) is 117 Å². The first kappa shape index (κ1) is 40.7. The van der Waals surface area contributed by atoms with Crippen LogP contribution in [0.5, 0.6) is 11.5 Å². The minimum absolute atomic E-state index is 0.0433. The van der Waals surface area contributed by atoms with E-state index in [9.17, 15) is 19.5 Å². The minimum atomic E-state index is -2.22. The molecule has 10 nitrogen and oxygen atoms in total. The molecular formula is C44H59NO9Si. The SMILES string of the molecule is CC(=O)OCC1(C)C2C[C@H](OC(=O)c3ccc(O[Si](C(C)C)(C(C)C)C(C)C)cc3)[C@@]3(C)Oc4cc(-c5cccnc5)oc(=O)c4C(O)C3[C@@]2(C)CC[C@@H]1C. The predicted octanol–water partition coefficient (Wildman–Crippen LogP) is 9.31. The van der Waals surface area contributed by atoms with Gasteiger partial charge in [-0.25, -0.2) is 9.59 Å². The maximum absolute atomic E-state index is 14.2. The number of rotatable bonds is 10. The zero-order valence-corrected chi connectivity index (χ0v) is 35.3. The normalized spacial score (nSPS) is 30.2. The van der Waals surface area contributed by atoms with Gasteiger partial charge in [0.05, 0.1) is 18.3 Å². The molecule has 3 heterocycles. The molecule has 0 saturated heterocycles. The van der Waals surface area contributed by atoms with Crippen LogP contribution in [-0.4, -0.2) is 48.7 Å². The molecule has 1 N–H and O–H groups in total. The molecule has 0 radical (unpaired) electrons. The largest absolute Gasteiger partial charge is 0.543 e. The Bertz CT molecular complexity index is 1920. The maximum atomic E-state index is 14.2. The number of aliphatic hydroxyl groups excluding tert-OH is 1. The number of aromatic nitrogens is 1. The molecule has 8 atom stereocenters. The number of esters is 2. The van der Waals surface area contributed by atoms with E-state index < -0.39 is 54.5 Å². The molecule has 0 spiro atoms. The lowest BCUT2D eigenvalue weighted by atomic mass is 9.41. The van der Waals surface area contributed by atoms with Crippen molar-refractivity contribution in [2.24, 2.45) is 28.6 Å². The molecule has 298 valence electrons. The molecule has 4 unspecified atom stereocenters. The molecule has 1 aliphatic heterocycles. The average Bonchev–Trinajstić information content (AvgIpc) is 3.12. The fourth-order valence-corrected chi connectivity index (χ4v) is 16.4. The van der Waals surface area contributed by atoms with Gasteiger partial charge in [0.1, 0.15) is 34.5 Å². The Morgan fingerprint density at radius 1 is 1.02 bits per heavy atom. The Morgan fingerprint density at radius 3 is 2.25 bits per heavy atom. The molecule has 2 fully saturated rings. The second-order valence-electron chi connectivity index (χ2n) is 18.0. The minimum Gasteiger partial charge on any atom is -0.543 e. The number of carbonyl (C=O) groups is 2. The fraction of sp³-hybridized carbons (Fsp3) is 0.591. The molecule has 2 aliphatic carbocycles. The van der Waals surface area contributed by atoms with Gasteiger partial charge in [-0.1, -0.05) is 62.3 Å². The Hall–Kier alpha value is -3.96. The Balaban J connectivity index is 1.41. The smallest absolute Gasteiger partial charge is 0.345 e. The lowest BCUT2D eigenvalue weighted by Gasteiger charge is -2.66. The quantitative estimate of drug-likeness (QED) is 0.157. The molecule has 3 aliphatic rings. The number of hydrogen-bond donors (Lipinski definition) is 1. The van der Waals surface area contributed by atoms with Crippen LogP contribution in [-0.2, 0) is 14.3 Å². The van der Waals surface area contributed by atoms with Crippen LogP contribution in [0.15, 0.2) is 64.1 Å². The van der Waals surface area contributed by atoms with Crippen LogP contribution >= 0.6 is 0 Å². The Kier molecular flexibility index (Phi) is 11.0. The third-order valence-corrected chi connectivity index (χ3v) is 20.0. The summed E-state index contributed by atoms with van der Waals surface area (Å²) in [5, 5.41) is 12.4. The molecule has 11 heteroatoms. The molecular weight excluding hydrogens is 715 g/mol. The van der Waals surface area contributed by atoms with Gasteiger partial charge in [-0.15, -0.1) is 0 Å². The van der Waals surface area contributed by atoms with Crippen LogP contribution in [0.4, 0.5) is 0 Å². The summed E-state index contributed by atoms with van der Waals surface area (Å²) in [6.45, 7) is 23.3. The summed E-state index contributed by atoms with van der Waals surface area (Å²) in [5.41, 5.74) is -0.934. The number of fused-ring (bicyclic) bond motifs is 4. The van der Waals surface area contributed by atoms with Crippen molar-refractivity contribution in [2.75, 3.05) is 6.61 Å². The monoisotopic (exact) mass is 773 g/mol. The van der Waals surface area contributed by atoms with Crippen molar-refractivity contribution in [3.63, 3.8) is 0 Å². The Morgan fingerprint density at radius 2 is 1.67 bits per heavy atom. The molecule has 55 heavy (non-hydrogen) atoms. The van der Waals surface area contributed by atoms with Gasteiger partial charge in [-0.05, 0) is 96.5 Å². The lowest BCUT2D eigenvalue weighted by Crippen LogP contribution is -2.70. The number of carbonyl (C=O) groups excluding carboxylic acids is 2. The van der Waals surface area contributed by atoms with Crippen molar-refractivity contribution < 1.29 is 37.7 Å². The van der Waals surface area contributed by atoms with Gasteiger partial charge in [0.2, 0.25) is 0 Å². The summed E-state index contributed by atoms with van der Waals surface area (Å²) in [6, 6.07) is 12.3. The first-order valence-corrected chi connectivity index (χ1v) is 22.0. The molecule has 3 aromatic rings. The van der Waals surface area contributed by atoms with E-state index in [1.165, 1.54) is 6.92 Å². The first-order valence-electron chi connectivity index (χ1n) is 19.9. The van der Waals surface area contributed by atoms with Crippen molar-refractivity contribution >= 4 is 20.3 Å².